The van der Waals surface area contributed by atoms with E-state index in [-0.39, 0.29) is 11.3 Å². The van der Waals surface area contributed by atoms with Gasteiger partial charge in [0.05, 0.1) is 18.2 Å². The second kappa shape index (κ2) is 6.48. The van der Waals surface area contributed by atoms with Gasteiger partial charge in [-0.15, -0.1) is 0 Å². The summed E-state index contributed by atoms with van der Waals surface area (Å²) in [5, 5.41) is 10.9. The van der Waals surface area contributed by atoms with E-state index >= 15 is 0 Å². The van der Waals surface area contributed by atoms with E-state index in [0.717, 1.165) is 4.57 Å². The molecular weight excluding hydrogens is 334 g/mol. The first kappa shape index (κ1) is 17.4. The molecule has 0 spiro atoms. The smallest absolute Gasteiger partial charge is 0.230 e. The zero-order valence-corrected chi connectivity index (χ0v) is 14.6. The highest BCUT2D eigenvalue weighted by molar-refractivity contribution is 6.20. The van der Waals surface area contributed by atoms with Crippen LogP contribution in [0.4, 0.5) is 0 Å². The van der Waals surface area contributed by atoms with Gasteiger partial charge in [-0.3, -0.25) is 19.0 Å². The van der Waals surface area contributed by atoms with Crippen LogP contribution in [0.15, 0.2) is 42.5 Å². The fourth-order valence-electron chi connectivity index (χ4n) is 2.95. The molecule has 6 heteroatoms. The molecule has 26 heavy (non-hydrogen) atoms. The van der Waals surface area contributed by atoms with Crippen LogP contribution >= 0.6 is 0 Å². The number of Topliss-reactive ketones (excluding diaryl/α,β-unsaturated/α-hetero) is 1. The lowest BCUT2D eigenvalue weighted by Crippen LogP contribution is -2.06. The van der Waals surface area contributed by atoms with E-state index in [9.17, 15) is 19.5 Å². The first-order valence-corrected chi connectivity index (χ1v) is 7.93. The standard InChI is InChI=1S/C20H17NO5/c1-11(22)13-7-8-17-16(10-13)18(20(25)21(17)12(2)23)19(24)14-5-4-6-15(9-14)26-3/h4-10,25H,1-3H3. The Morgan fingerprint density at radius 3 is 2.35 bits per heavy atom. The van der Waals surface area contributed by atoms with Crippen molar-refractivity contribution in [1.29, 1.82) is 0 Å². The van der Waals surface area contributed by atoms with E-state index in [4.69, 9.17) is 4.74 Å². The first-order chi connectivity index (χ1) is 12.3. The minimum atomic E-state index is -0.466. The van der Waals surface area contributed by atoms with E-state index in [0.29, 0.717) is 27.8 Å². The number of benzene rings is 2. The molecular formula is C20H17NO5. The second-order valence-corrected chi connectivity index (χ2v) is 5.90. The molecule has 6 nitrogen and oxygen atoms in total. The predicted octanol–water partition coefficient (Wildman–Crippen LogP) is 3.45. The van der Waals surface area contributed by atoms with Crippen molar-refractivity contribution in [3.8, 4) is 11.6 Å². The Morgan fingerprint density at radius 1 is 1.00 bits per heavy atom. The minimum Gasteiger partial charge on any atom is -0.497 e. The van der Waals surface area contributed by atoms with Crippen molar-refractivity contribution in [2.45, 2.75) is 13.8 Å². The summed E-state index contributed by atoms with van der Waals surface area (Å²) >= 11 is 0. The molecule has 0 radical (unpaired) electrons. The van der Waals surface area contributed by atoms with Gasteiger partial charge in [-0.05, 0) is 37.3 Å². The lowest BCUT2D eigenvalue weighted by atomic mass is 10.00. The summed E-state index contributed by atoms with van der Waals surface area (Å²) in [5.41, 5.74) is 1.03. The molecule has 0 atom stereocenters. The molecule has 1 N–H and O–H groups in total. The fourth-order valence-corrected chi connectivity index (χ4v) is 2.95. The summed E-state index contributed by atoms with van der Waals surface area (Å²) in [4.78, 5) is 36.7. The zero-order chi connectivity index (χ0) is 19.0. The molecule has 0 bridgehead atoms. The lowest BCUT2D eigenvalue weighted by Gasteiger charge is -2.04. The van der Waals surface area contributed by atoms with Crippen molar-refractivity contribution < 1.29 is 24.2 Å². The van der Waals surface area contributed by atoms with Crippen LogP contribution in [0.2, 0.25) is 0 Å². The summed E-state index contributed by atoms with van der Waals surface area (Å²) in [7, 11) is 1.49. The Hall–Kier alpha value is -3.41. The van der Waals surface area contributed by atoms with Gasteiger partial charge in [0.25, 0.3) is 0 Å². The molecule has 3 rings (SSSR count). The van der Waals surface area contributed by atoms with Crippen LogP contribution in [0.3, 0.4) is 0 Å². The molecule has 2 aromatic carbocycles. The molecule has 1 heterocycles. The topological polar surface area (TPSA) is 85.6 Å². The third-order valence-electron chi connectivity index (χ3n) is 4.22. The monoisotopic (exact) mass is 351 g/mol. The number of aromatic hydroxyl groups is 1. The van der Waals surface area contributed by atoms with Crippen LogP contribution in [0.5, 0.6) is 11.6 Å². The summed E-state index contributed by atoms with van der Waals surface area (Å²) in [6.07, 6.45) is 0. The molecule has 0 saturated heterocycles. The molecule has 0 amide bonds. The Labute approximate surface area is 149 Å². The van der Waals surface area contributed by atoms with Crippen molar-refractivity contribution in [2.75, 3.05) is 7.11 Å². The maximum atomic E-state index is 13.0. The Morgan fingerprint density at radius 2 is 1.73 bits per heavy atom. The minimum absolute atomic E-state index is 0.0217. The molecule has 0 aliphatic heterocycles. The number of ether oxygens (including phenoxy) is 1. The highest BCUT2D eigenvalue weighted by Crippen LogP contribution is 2.34. The number of carbonyl (C=O) groups is 3. The van der Waals surface area contributed by atoms with Gasteiger partial charge in [-0.25, -0.2) is 0 Å². The molecule has 0 aliphatic rings. The van der Waals surface area contributed by atoms with Crippen molar-refractivity contribution in [3.05, 3.63) is 59.2 Å². The Balaban J connectivity index is 2.31. The van der Waals surface area contributed by atoms with E-state index < -0.39 is 17.6 Å². The summed E-state index contributed by atoms with van der Waals surface area (Å²) < 4.78 is 6.20. The van der Waals surface area contributed by atoms with Crippen LogP contribution < -0.4 is 4.74 Å². The third-order valence-corrected chi connectivity index (χ3v) is 4.22. The van der Waals surface area contributed by atoms with Crippen molar-refractivity contribution in [1.82, 2.24) is 4.57 Å². The number of rotatable bonds is 4. The van der Waals surface area contributed by atoms with Crippen LogP contribution in [0.25, 0.3) is 10.9 Å². The highest BCUT2D eigenvalue weighted by atomic mass is 16.5. The average Bonchev–Trinajstić information content (AvgIpc) is 2.92. The molecule has 3 aromatic rings. The molecule has 132 valence electrons. The normalized spacial score (nSPS) is 10.7. The molecule has 0 aliphatic carbocycles. The van der Waals surface area contributed by atoms with Crippen LogP contribution in [0.1, 0.15) is 44.9 Å². The van der Waals surface area contributed by atoms with E-state index in [1.807, 2.05) is 0 Å². The maximum Gasteiger partial charge on any atom is 0.230 e. The van der Waals surface area contributed by atoms with E-state index in [2.05, 4.69) is 0 Å². The predicted molar refractivity (Wildman–Crippen MR) is 96.3 cm³/mol. The number of ketones is 2. The number of hydrogen-bond donors (Lipinski definition) is 1. The quantitative estimate of drug-likeness (QED) is 0.728. The third kappa shape index (κ3) is 2.75. The van der Waals surface area contributed by atoms with Crippen molar-refractivity contribution in [3.63, 3.8) is 0 Å². The Kier molecular flexibility index (Phi) is 4.34. The molecule has 0 fully saturated rings. The summed E-state index contributed by atoms with van der Waals surface area (Å²) in [6.45, 7) is 2.70. The summed E-state index contributed by atoms with van der Waals surface area (Å²) in [5.74, 6) is -1.03. The van der Waals surface area contributed by atoms with Gasteiger partial charge in [0.2, 0.25) is 11.8 Å². The number of hydrogen-bond acceptors (Lipinski definition) is 5. The van der Waals surface area contributed by atoms with Gasteiger partial charge in [0, 0.05) is 23.4 Å². The van der Waals surface area contributed by atoms with Gasteiger partial charge in [-0.1, -0.05) is 12.1 Å². The largest absolute Gasteiger partial charge is 0.497 e. The number of nitrogens with zero attached hydrogens (tertiary/aromatic N) is 1. The van der Waals surface area contributed by atoms with Crippen LogP contribution in [-0.4, -0.2) is 34.3 Å². The van der Waals surface area contributed by atoms with E-state index in [1.165, 1.54) is 27.0 Å². The SMILES string of the molecule is COc1cccc(C(=O)c2c(O)n(C(C)=O)c3ccc(C(C)=O)cc23)c1. The maximum absolute atomic E-state index is 13.0. The van der Waals surface area contributed by atoms with E-state index in [1.54, 1.807) is 36.4 Å². The van der Waals surface area contributed by atoms with Crippen molar-refractivity contribution in [2.24, 2.45) is 0 Å². The number of methoxy groups -OCH3 is 1. The molecule has 0 unspecified atom stereocenters. The van der Waals surface area contributed by atoms with Gasteiger partial charge in [0.15, 0.2) is 11.6 Å². The highest BCUT2D eigenvalue weighted by Gasteiger charge is 2.26. The van der Waals surface area contributed by atoms with Gasteiger partial charge >= 0.3 is 0 Å². The molecule has 1 aromatic heterocycles. The number of fused-ring (bicyclic) bond motifs is 1. The molecule has 0 saturated carbocycles. The first-order valence-electron chi connectivity index (χ1n) is 7.93. The van der Waals surface area contributed by atoms with Crippen LogP contribution in [0, 0.1) is 0 Å². The van der Waals surface area contributed by atoms with Crippen molar-refractivity contribution >= 4 is 28.4 Å². The number of aromatic nitrogens is 1. The van der Waals surface area contributed by atoms with Crippen LogP contribution in [-0.2, 0) is 0 Å². The second-order valence-electron chi connectivity index (χ2n) is 5.90. The Bertz CT molecular complexity index is 1060. The number of carbonyl (C=O) groups excluding carboxylic acids is 3. The van der Waals surface area contributed by atoms with Gasteiger partial charge in [-0.2, -0.15) is 0 Å². The average molecular weight is 351 g/mol. The van der Waals surface area contributed by atoms with Gasteiger partial charge in [0.1, 0.15) is 5.75 Å². The van der Waals surface area contributed by atoms with Gasteiger partial charge < -0.3 is 9.84 Å². The zero-order valence-electron chi connectivity index (χ0n) is 14.6. The lowest BCUT2D eigenvalue weighted by molar-refractivity contribution is 0.0932. The fraction of sp³-hybridized carbons (Fsp3) is 0.150. The summed E-state index contributed by atoms with van der Waals surface area (Å²) in [6, 6.07) is 11.1.